The Morgan fingerprint density at radius 3 is 2.30 bits per heavy atom. The quantitative estimate of drug-likeness (QED) is 0.335. The Labute approximate surface area is 231 Å². The Balaban J connectivity index is 1.45. The summed E-state index contributed by atoms with van der Waals surface area (Å²) in [5.41, 5.74) is 2.57. The fourth-order valence-corrected chi connectivity index (χ4v) is 5.38. The fraction of sp³-hybridized carbons (Fsp3) is 0.259. The van der Waals surface area contributed by atoms with Gasteiger partial charge in [0.15, 0.2) is 27.3 Å². The molecule has 208 valence electrons. The zero-order valence-corrected chi connectivity index (χ0v) is 23.3. The molecule has 4 aromatic rings. The van der Waals surface area contributed by atoms with E-state index < -0.39 is 15.9 Å². The van der Waals surface area contributed by atoms with E-state index in [0.29, 0.717) is 41.5 Å². The van der Waals surface area contributed by atoms with Crippen LogP contribution in [0.25, 0.3) is 11.4 Å². The maximum absolute atomic E-state index is 13.8. The van der Waals surface area contributed by atoms with Crippen molar-refractivity contribution in [1.29, 1.82) is 0 Å². The normalized spacial score (nSPS) is 13.2. The number of methoxy groups -OCH3 is 1. The number of benzene rings is 2. The lowest BCUT2D eigenvalue weighted by Crippen LogP contribution is -2.39. The van der Waals surface area contributed by atoms with E-state index in [1.165, 1.54) is 9.58 Å². The average Bonchev–Trinajstić information content (AvgIpc) is 3.57. The number of amides is 2. The van der Waals surface area contributed by atoms with Crippen LogP contribution in [-0.2, 0) is 27.6 Å². The molecule has 0 saturated carbocycles. The van der Waals surface area contributed by atoms with Gasteiger partial charge in [0.05, 0.1) is 12.8 Å². The molecule has 0 fully saturated rings. The fourth-order valence-electron chi connectivity index (χ4n) is 4.51. The zero-order chi connectivity index (χ0) is 28.6. The lowest BCUT2D eigenvalue weighted by molar-refractivity contribution is 0.0972. The molecular formula is C27H28N6O6S. The van der Waals surface area contributed by atoms with Crippen molar-refractivity contribution in [3.8, 4) is 17.1 Å². The van der Waals surface area contributed by atoms with Gasteiger partial charge in [0.2, 0.25) is 0 Å². The molecule has 0 bridgehead atoms. The molecule has 2 aromatic heterocycles. The molecule has 0 radical (unpaired) electrons. The van der Waals surface area contributed by atoms with E-state index in [1.54, 1.807) is 79.5 Å². The van der Waals surface area contributed by atoms with Crippen molar-refractivity contribution in [2.75, 3.05) is 38.9 Å². The van der Waals surface area contributed by atoms with Gasteiger partial charge in [-0.1, -0.05) is 0 Å². The molecule has 2 amide bonds. The summed E-state index contributed by atoms with van der Waals surface area (Å²) in [6, 6.07) is 14.2. The Morgan fingerprint density at radius 2 is 1.68 bits per heavy atom. The third-order valence-electron chi connectivity index (χ3n) is 6.49. The molecule has 40 heavy (non-hydrogen) atoms. The van der Waals surface area contributed by atoms with Crippen molar-refractivity contribution in [3.05, 3.63) is 78.0 Å². The molecule has 0 N–H and O–H groups in total. The maximum atomic E-state index is 13.8. The molecule has 0 saturated heterocycles. The van der Waals surface area contributed by atoms with Crippen LogP contribution in [-0.4, -0.2) is 78.7 Å². The highest BCUT2D eigenvalue weighted by Crippen LogP contribution is 2.31. The molecule has 13 heteroatoms. The molecule has 1 aliphatic heterocycles. The second-order valence-electron chi connectivity index (χ2n) is 9.40. The molecule has 0 spiro atoms. The largest absolute Gasteiger partial charge is 0.497 e. The molecular weight excluding hydrogens is 536 g/mol. The minimum absolute atomic E-state index is 0.00281. The molecule has 0 unspecified atom stereocenters. The predicted molar refractivity (Wildman–Crippen MR) is 146 cm³/mol. The van der Waals surface area contributed by atoms with E-state index in [0.717, 1.165) is 11.9 Å². The first-order valence-corrected chi connectivity index (χ1v) is 14.2. The van der Waals surface area contributed by atoms with Crippen LogP contribution in [0.5, 0.6) is 5.75 Å². The summed E-state index contributed by atoms with van der Waals surface area (Å²) in [5, 5.41) is 4.26. The maximum Gasteiger partial charge on any atom is 0.409 e. The highest BCUT2D eigenvalue weighted by atomic mass is 32.2. The van der Waals surface area contributed by atoms with Gasteiger partial charge in [0.25, 0.3) is 5.91 Å². The lowest BCUT2D eigenvalue weighted by atomic mass is 10.1. The average molecular weight is 565 g/mol. The van der Waals surface area contributed by atoms with Gasteiger partial charge >= 0.3 is 6.09 Å². The van der Waals surface area contributed by atoms with Gasteiger partial charge in [-0.2, -0.15) is 5.10 Å². The molecule has 0 atom stereocenters. The molecule has 0 aliphatic carbocycles. The van der Waals surface area contributed by atoms with E-state index in [9.17, 15) is 18.0 Å². The van der Waals surface area contributed by atoms with E-state index >= 15 is 0 Å². The van der Waals surface area contributed by atoms with Gasteiger partial charge in [-0.05, 0) is 55.0 Å². The van der Waals surface area contributed by atoms with Crippen LogP contribution in [0.2, 0.25) is 0 Å². The SMILES string of the molecule is COc1ccc(-n2nc(S(C)(=O)=O)c3c2C(=O)N(c2ccc(-n4ccnc4COC(=O)N(C)C)cc2)CC3)cc1. The second-order valence-corrected chi connectivity index (χ2v) is 11.3. The van der Waals surface area contributed by atoms with Gasteiger partial charge in [-0.25, -0.2) is 22.9 Å². The van der Waals surface area contributed by atoms with Gasteiger partial charge in [-0.15, -0.1) is 0 Å². The minimum Gasteiger partial charge on any atom is -0.497 e. The van der Waals surface area contributed by atoms with Crippen molar-refractivity contribution >= 4 is 27.5 Å². The Bertz CT molecular complexity index is 1670. The standard InChI is InChI=1S/C27H28N6O6S/c1-30(2)27(35)39-17-23-28-14-16-31(23)18-5-7-19(8-6-18)32-15-13-22-24(26(32)34)33(29-25(22)40(4,36)37)20-9-11-21(38-3)12-10-20/h5-12,14,16H,13,15,17H2,1-4H3. The number of hydrogen-bond acceptors (Lipinski definition) is 8. The van der Waals surface area contributed by atoms with Crippen LogP contribution in [0.1, 0.15) is 21.9 Å². The summed E-state index contributed by atoms with van der Waals surface area (Å²) < 4.78 is 38.7. The van der Waals surface area contributed by atoms with E-state index in [1.807, 2.05) is 12.1 Å². The Morgan fingerprint density at radius 1 is 1.02 bits per heavy atom. The number of hydrogen-bond donors (Lipinski definition) is 0. The molecule has 1 aliphatic rings. The predicted octanol–water partition coefficient (Wildman–Crippen LogP) is 2.87. The van der Waals surface area contributed by atoms with Gasteiger partial charge in [0.1, 0.15) is 11.4 Å². The molecule has 2 aromatic carbocycles. The number of rotatable bonds is 7. The second kappa shape index (κ2) is 10.5. The Kier molecular flexibility index (Phi) is 7.06. The lowest BCUT2D eigenvalue weighted by Gasteiger charge is -2.28. The third kappa shape index (κ3) is 5.02. The summed E-state index contributed by atoms with van der Waals surface area (Å²) in [6.07, 6.45) is 4.31. The van der Waals surface area contributed by atoms with Crippen molar-refractivity contribution in [2.45, 2.75) is 18.1 Å². The van der Waals surface area contributed by atoms with Crippen LogP contribution in [0.4, 0.5) is 10.5 Å². The number of aromatic nitrogens is 4. The highest BCUT2D eigenvalue weighted by molar-refractivity contribution is 7.90. The first-order chi connectivity index (χ1) is 19.1. The number of nitrogens with zero attached hydrogens (tertiary/aromatic N) is 6. The van der Waals surface area contributed by atoms with Crippen molar-refractivity contribution < 1.29 is 27.5 Å². The van der Waals surface area contributed by atoms with Gasteiger partial charge in [-0.3, -0.25) is 4.79 Å². The smallest absolute Gasteiger partial charge is 0.409 e. The highest BCUT2D eigenvalue weighted by Gasteiger charge is 2.35. The van der Waals surface area contributed by atoms with Crippen molar-refractivity contribution in [2.24, 2.45) is 0 Å². The number of sulfone groups is 1. The van der Waals surface area contributed by atoms with Crippen LogP contribution in [0.15, 0.2) is 66.0 Å². The Hall–Kier alpha value is -4.65. The monoisotopic (exact) mass is 564 g/mol. The van der Waals surface area contributed by atoms with E-state index in [2.05, 4.69) is 10.1 Å². The summed E-state index contributed by atoms with van der Waals surface area (Å²) in [6.45, 7) is 0.288. The molecule has 5 rings (SSSR count). The zero-order valence-electron chi connectivity index (χ0n) is 22.4. The van der Waals surface area contributed by atoms with Gasteiger partial charge in [0, 0.05) is 56.2 Å². The summed E-state index contributed by atoms with van der Waals surface area (Å²) in [5.74, 6) is 0.808. The van der Waals surface area contributed by atoms with Crippen LogP contribution in [0.3, 0.4) is 0 Å². The van der Waals surface area contributed by atoms with Crippen molar-refractivity contribution in [1.82, 2.24) is 24.2 Å². The summed E-state index contributed by atoms with van der Waals surface area (Å²) >= 11 is 0. The minimum atomic E-state index is -3.67. The summed E-state index contributed by atoms with van der Waals surface area (Å²) in [7, 11) is 1.08. The summed E-state index contributed by atoms with van der Waals surface area (Å²) in [4.78, 5) is 32.9. The number of carbonyl (C=O) groups is 2. The van der Waals surface area contributed by atoms with Crippen LogP contribution >= 0.6 is 0 Å². The third-order valence-corrected chi connectivity index (χ3v) is 7.53. The van der Waals surface area contributed by atoms with E-state index in [4.69, 9.17) is 9.47 Å². The van der Waals surface area contributed by atoms with E-state index in [-0.39, 0.29) is 23.2 Å². The number of ether oxygens (including phenoxy) is 2. The first kappa shape index (κ1) is 26.9. The number of fused-ring (bicyclic) bond motifs is 1. The van der Waals surface area contributed by atoms with Crippen molar-refractivity contribution in [3.63, 3.8) is 0 Å². The first-order valence-electron chi connectivity index (χ1n) is 12.3. The number of anilines is 1. The molecule has 3 heterocycles. The number of imidazole rings is 1. The van der Waals surface area contributed by atoms with Crippen LogP contribution < -0.4 is 9.64 Å². The number of carbonyl (C=O) groups excluding carboxylic acids is 2. The van der Waals surface area contributed by atoms with Crippen LogP contribution in [0, 0.1) is 0 Å². The molecule has 12 nitrogen and oxygen atoms in total. The van der Waals surface area contributed by atoms with Gasteiger partial charge < -0.3 is 23.8 Å². The topological polar surface area (TPSA) is 129 Å².